The molecule has 0 saturated carbocycles. The van der Waals surface area contributed by atoms with Gasteiger partial charge in [0.1, 0.15) is 0 Å². The van der Waals surface area contributed by atoms with Gasteiger partial charge in [0.15, 0.2) is 0 Å². The zero-order valence-electron chi connectivity index (χ0n) is 10.5. The first-order valence-electron chi connectivity index (χ1n) is 6.22. The van der Waals surface area contributed by atoms with Crippen LogP contribution in [0.3, 0.4) is 0 Å². The average Bonchev–Trinajstić information content (AvgIpc) is 2.86. The lowest BCUT2D eigenvalue weighted by Gasteiger charge is -2.32. The summed E-state index contributed by atoms with van der Waals surface area (Å²) in [5, 5.41) is 5.66. The molecule has 0 bridgehead atoms. The van der Waals surface area contributed by atoms with Crippen molar-refractivity contribution >= 4 is 27.3 Å². The Balaban J connectivity index is 2.13. The predicted octanol–water partition coefficient (Wildman–Crippen LogP) is 3.46. The summed E-state index contributed by atoms with van der Waals surface area (Å²) in [6.07, 6.45) is 2.61. The molecule has 0 aromatic carbocycles. The number of nitrogens with one attached hydrogen (secondary N) is 1. The van der Waals surface area contributed by atoms with E-state index in [0.717, 1.165) is 32.5 Å². The first kappa shape index (κ1) is 13.5. The third-order valence-corrected chi connectivity index (χ3v) is 5.69. The smallest absolute Gasteiger partial charge is 0.0619 e. The minimum Gasteiger partial charge on any atom is -0.378 e. The van der Waals surface area contributed by atoms with Gasteiger partial charge in [-0.3, -0.25) is 0 Å². The molecule has 1 aromatic heterocycles. The SMILES string of the molecule is CCNCC1(Cc2sccc2Br)CCOC1C. The van der Waals surface area contributed by atoms with E-state index >= 15 is 0 Å². The third kappa shape index (κ3) is 2.92. The number of halogens is 1. The molecule has 1 saturated heterocycles. The summed E-state index contributed by atoms with van der Waals surface area (Å²) in [6, 6.07) is 2.14. The van der Waals surface area contributed by atoms with Crippen molar-refractivity contribution in [1.82, 2.24) is 5.32 Å². The third-order valence-electron chi connectivity index (χ3n) is 3.76. The van der Waals surface area contributed by atoms with Crippen LogP contribution in [0.15, 0.2) is 15.9 Å². The Morgan fingerprint density at radius 2 is 2.47 bits per heavy atom. The minimum absolute atomic E-state index is 0.267. The molecule has 1 aromatic rings. The van der Waals surface area contributed by atoms with Crippen molar-refractivity contribution in [2.75, 3.05) is 19.7 Å². The number of hydrogen-bond donors (Lipinski definition) is 1. The van der Waals surface area contributed by atoms with E-state index in [1.165, 1.54) is 9.35 Å². The van der Waals surface area contributed by atoms with Crippen molar-refractivity contribution in [3.63, 3.8) is 0 Å². The Kier molecular flexibility index (Phi) is 4.64. The fraction of sp³-hybridized carbons (Fsp3) is 0.692. The van der Waals surface area contributed by atoms with Gasteiger partial charge in [-0.2, -0.15) is 0 Å². The van der Waals surface area contributed by atoms with Crippen LogP contribution in [0.1, 0.15) is 25.1 Å². The van der Waals surface area contributed by atoms with E-state index in [1.54, 1.807) is 0 Å². The molecule has 0 spiro atoms. The molecule has 1 aliphatic heterocycles. The fourth-order valence-corrected chi connectivity index (χ4v) is 4.14. The van der Waals surface area contributed by atoms with Crippen molar-refractivity contribution in [2.24, 2.45) is 5.41 Å². The molecule has 0 radical (unpaired) electrons. The first-order valence-corrected chi connectivity index (χ1v) is 7.89. The van der Waals surface area contributed by atoms with E-state index in [2.05, 4.69) is 46.5 Å². The lowest BCUT2D eigenvalue weighted by atomic mass is 9.78. The van der Waals surface area contributed by atoms with Crippen LogP contribution in [0.5, 0.6) is 0 Å². The molecule has 2 atom stereocenters. The second-order valence-electron chi connectivity index (χ2n) is 4.77. The lowest BCUT2D eigenvalue weighted by molar-refractivity contribution is 0.0636. The van der Waals surface area contributed by atoms with Gasteiger partial charge in [-0.15, -0.1) is 11.3 Å². The second-order valence-corrected chi connectivity index (χ2v) is 6.63. The Morgan fingerprint density at radius 1 is 1.65 bits per heavy atom. The molecule has 4 heteroatoms. The maximum atomic E-state index is 5.80. The number of thiophene rings is 1. The molecule has 1 N–H and O–H groups in total. The maximum Gasteiger partial charge on any atom is 0.0619 e. The van der Waals surface area contributed by atoms with Crippen LogP contribution in [-0.2, 0) is 11.2 Å². The van der Waals surface area contributed by atoms with E-state index in [4.69, 9.17) is 4.74 Å². The molecule has 96 valence electrons. The number of hydrogen-bond acceptors (Lipinski definition) is 3. The van der Waals surface area contributed by atoms with E-state index in [1.807, 2.05) is 11.3 Å². The predicted molar refractivity (Wildman–Crippen MR) is 76.7 cm³/mol. The highest BCUT2D eigenvalue weighted by Gasteiger charge is 2.41. The minimum atomic E-state index is 0.267. The van der Waals surface area contributed by atoms with Gasteiger partial charge in [-0.25, -0.2) is 0 Å². The molecular formula is C13H20BrNOS. The first-order chi connectivity index (χ1) is 8.18. The lowest BCUT2D eigenvalue weighted by Crippen LogP contribution is -2.41. The monoisotopic (exact) mass is 317 g/mol. The molecule has 2 unspecified atom stereocenters. The molecule has 17 heavy (non-hydrogen) atoms. The van der Waals surface area contributed by atoms with Gasteiger partial charge < -0.3 is 10.1 Å². The van der Waals surface area contributed by atoms with E-state index in [0.29, 0.717) is 6.10 Å². The van der Waals surface area contributed by atoms with Crippen molar-refractivity contribution in [3.05, 3.63) is 20.8 Å². The summed E-state index contributed by atoms with van der Waals surface area (Å²) in [4.78, 5) is 1.44. The van der Waals surface area contributed by atoms with Gasteiger partial charge in [-0.05, 0) is 53.7 Å². The van der Waals surface area contributed by atoms with E-state index in [-0.39, 0.29) is 5.41 Å². The molecule has 2 heterocycles. The Bertz CT molecular complexity index is 368. The molecule has 2 nitrogen and oxygen atoms in total. The molecule has 0 aliphatic carbocycles. The number of ether oxygens (including phenoxy) is 1. The normalized spacial score (nSPS) is 28.8. The standard InChI is InChI=1S/C13H20BrNOS/c1-3-15-9-13(5-6-16-10(13)2)8-12-11(14)4-7-17-12/h4,7,10,15H,3,5-6,8-9H2,1-2H3. The highest BCUT2D eigenvalue weighted by atomic mass is 79.9. The Hall–Kier alpha value is 0.1000. The van der Waals surface area contributed by atoms with Crippen LogP contribution < -0.4 is 5.32 Å². The zero-order chi connectivity index (χ0) is 12.3. The zero-order valence-corrected chi connectivity index (χ0v) is 12.9. The summed E-state index contributed by atoms with van der Waals surface area (Å²) in [7, 11) is 0. The molecule has 1 aliphatic rings. The summed E-state index contributed by atoms with van der Waals surface area (Å²) in [5.74, 6) is 0. The van der Waals surface area contributed by atoms with Gasteiger partial charge in [0.05, 0.1) is 6.10 Å². The van der Waals surface area contributed by atoms with Crippen LogP contribution >= 0.6 is 27.3 Å². The number of rotatable bonds is 5. The summed E-state index contributed by atoms with van der Waals surface area (Å²) in [6.45, 7) is 7.35. The largest absolute Gasteiger partial charge is 0.378 e. The van der Waals surface area contributed by atoms with Gasteiger partial charge in [0.2, 0.25) is 0 Å². The van der Waals surface area contributed by atoms with Crippen LogP contribution in [-0.4, -0.2) is 25.8 Å². The maximum absolute atomic E-state index is 5.80. The van der Waals surface area contributed by atoms with Crippen LogP contribution in [0.4, 0.5) is 0 Å². The summed E-state index contributed by atoms with van der Waals surface area (Å²) >= 11 is 5.48. The summed E-state index contributed by atoms with van der Waals surface area (Å²) < 4.78 is 7.05. The second kappa shape index (κ2) is 5.83. The molecular weight excluding hydrogens is 298 g/mol. The van der Waals surface area contributed by atoms with Crippen molar-refractivity contribution in [1.29, 1.82) is 0 Å². The van der Waals surface area contributed by atoms with E-state index < -0.39 is 0 Å². The Morgan fingerprint density at radius 3 is 3.00 bits per heavy atom. The van der Waals surface area contributed by atoms with Gasteiger partial charge in [-0.1, -0.05) is 6.92 Å². The van der Waals surface area contributed by atoms with Crippen LogP contribution in [0.25, 0.3) is 0 Å². The van der Waals surface area contributed by atoms with Gasteiger partial charge in [0.25, 0.3) is 0 Å². The Labute approximate surface area is 116 Å². The van der Waals surface area contributed by atoms with Crippen molar-refractivity contribution < 1.29 is 4.74 Å². The quantitative estimate of drug-likeness (QED) is 0.898. The van der Waals surface area contributed by atoms with Crippen LogP contribution in [0, 0.1) is 5.41 Å². The van der Waals surface area contributed by atoms with Crippen molar-refractivity contribution in [3.8, 4) is 0 Å². The highest BCUT2D eigenvalue weighted by molar-refractivity contribution is 9.10. The highest BCUT2D eigenvalue weighted by Crippen LogP contribution is 2.40. The van der Waals surface area contributed by atoms with Crippen molar-refractivity contribution in [2.45, 2.75) is 32.8 Å². The summed E-state index contributed by atoms with van der Waals surface area (Å²) in [5.41, 5.74) is 0.267. The molecule has 2 rings (SSSR count). The topological polar surface area (TPSA) is 21.3 Å². The van der Waals surface area contributed by atoms with E-state index in [9.17, 15) is 0 Å². The average molecular weight is 318 g/mol. The van der Waals surface area contributed by atoms with Gasteiger partial charge in [0, 0.05) is 27.9 Å². The van der Waals surface area contributed by atoms with Crippen LogP contribution in [0.2, 0.25) is 0 Å². The fourth-order valence-electron chi connectivity index (χ4n) is 2.49. The molecule has 1 fully saturated rings. The van der Waals surface area contributed by atoms with Gasteiger partial charge >= 0.3 is 0 Å². The molecule has 0 amide bonds.